The van der Waals surface area contributed by atoms with E-state index < -0.39 is 0 Å². The maximum atomic E-state index is 13.3. The van der Waals surface area contributed by atoms with Crippen LogP contribution in [-0.4, -0.2) is 39.7 Å². The quantitative estimate of drug-likeness (QED) is 0.785. The molecule has 1 amide bonds. The summed E-state index contributed by atoms with van der Waals surface area (Å²) in [7, 11) is 0. The largest absolute Gasteiger partial charge is 0.337 e. The Morgan fingerprint density at radius 1 is 1.29 bits per heavy atom. The topological polar surface area (TPSA) is 50.2 Å². The zero-order chi connectivity index (χ0) is 19.5. The number of thiophene rings is 1. The van der Waals surface area contributed by atoms with E-state index in [-0.39, 0.29) is 5.91 Å². The van der Waals surface area contributed by atoms with Gasteiger partial charge in [0.1, 0.15) is 0 Å². The summed E-state index contributed by atoms with van der Waals surface area (Å²) in [5.74, 6) is 0.135. The van der Waals surface area contributed by atoms with Crippen LogP contribution < -0.4 is 5.32 Å². The van der Waals surface area contributed by atoms with Crippen LogP contribution in [0.3, 0.4) is 0 Å². The standard InChI is InChI=1S/C21H29ClN4OS/c1-2-26-18-9-7-15(23-14-16-8-10-19(22)28-16)13-17(18)20(24-26)21(27)25-11-5-3-4-6-12-25/h8,10,15,23H,2-7,9,11-14H2,1H3/t15-/m0/s1. The number of hydrogen-bond donors (Lipinski definition) is 1. The summed E-state index contributed by atoms with van der Waals surface area (Å²) >= 11 is 7.67. The molecule has 3 heterocycles. The molecular weight excluding hydrogens is 392 g/mol. The highest BCUT2D eigenvalue weighted by Crippen LogP contribution is 2.27. The number of nitrogens with zero attached hydrogens (tertiary/aromatic N) is 3. The molecule has 1 aliphatic carbocycles. The lowest BCUT2D eigenvalue weighted by Gasteiger charge is -2.25. The van der Waals surface area contributed by atoms with Gasteiger partial charge < -0.3 is 10.2 Å². The molecule has 0 saturated carbocycles. The Morgan fingerprint density at radius 2 is 2.07 bits per heavy atom. The fourth-order valence-electron chi connectivity index (χ4n) is 4.41. The number of likely N-dealkylation sites (tertiary alicyclic amines) is 1. The Morgan fingerprint density at radius 3 is 2.75 bits per heavy atom. The molecule has 2 aromatic heterocycles. The van der Waals surface area contributed by atoms with Gasteiger partial charge in [-0.2, -0.15) is 5.10 Å². The van der Waals surface area contributed by atoms with Crippen molar-refractivity contribution in [3.63, 3.8) is 0 Å². The van der Waals surface area contributed by atoms with Crippen LogP contribution in [0.1, 0.15) is 65.7 Å². The minimum Gasteiger partial charge on any atom is -0.337 e. The van der Waals surface area contributed by atoms with Crippen LogP contribution in [0.15, 0.2) is 12.1 Å². The van der Waals surface area contributed by atoms with Crippen LogP contribution in [0.5, 0.6) is 0 Å². The second kappa shape index (κ2) is 8.97. The number of fused-ring (bicyclic) bond motifs is 1. The van der Waals surface area contributed by atoms with E-state index in [4.69, 9.17) is 16.7 Å². The van der Waals surface area contributed by atoms with Crippen LogP contribution in [0.2, 0.25) is 4.34 Å². The van der Waals surface area contributed by atoms with Gasteiger partial charge in [0.2, 0.25) is 0 Å². The monoisotopic (exact) mass is 420 g/mol. The summed E-state index contributed by atoms with van der Waals surface area (Å²) in [5, 5.41) is 8.42. The van der Waals surface area contributed by atoms with Crippen LogP contribution >= 0.6 is 22.9 Å². The Kier molecular flexibility index (Phi) is 6.38. The van der Waals surface area contributed by atoms with Crippen molar-refractivity contribution >= 4 is 28.8 Å². The van der Waals surface area contributed by atoms with Gasteiger partial charge in [-0.3, -0.25) is 9.48 Å². The number of aromatic nitrogens is 2. The van der Waals surface area contributed by atoms with Gasteiger partial charge in [-0.25, -0.2) is 0 Å². The van der Waals surface area contributed by atoms with Crippen molar-refractivity contribution in [2.75, 3.05) is 13.1 Å². The average Bonchev–Trinajstić information content (AvgIpc) is 3.17. The highest BCUT2D eigenvalue weighted by atomic mass is 35.5. The minimum atomic E-state index is 0.135. The fourth-order valence-corrected chi connectivity index (χ4v) is 5.45. The number of halogens is 1. The third-order valence-corrected chi connectivity index (χ3v) is 7.17. The van der Waals surface area contributed by atoms with Gasteiger partial charge in [-0.15, -0.1) is 11.3 Å². The number of carbonyl (C=O) groups excluding carboxylic acids is 1. The van der Waals surface area contributed by atoms with Gasteiger partial charge in [-0.05, 0) is 51.2 Å². The third kappa shape index (κ3) is 4.29. The molecule has 1 N–H and O–H groups in total. The van der Waals surface area contributed by atoms with Crippen molar-refractivity contribution in [1.82, 2.24) is 20.0 Å². The fraction of sp³-hybridized carbons (Fsp3) is 0.619. The van der Waals surface area contributed by atoms with E-state index in [1.54, 1.807) is 11.3 Å². The third-order valence-electron chi connectivity index (χ3n) is 5.94. The van der Waals surface area contributed by atoms with Crippen molar-refractivity contribution in [1.29, 1.82) is 0 Å². The Bertz CT molecular complexity index is 822. The van der Waals surface area contributed by atoms with Gasteiger partial charge in [0.15, 0.2) is 5.69 Å². The van der Waals surface area contributed by atoms with E-state index in [0.29, 0.717) is 11.7 Å². The van der Waals surface area contributed by atoms with Gasteiger partial charge in [0, 0.05) is 48.4 Å². The number of nitrogens with one attached hydrogen (secondary N) is 1. The van der Waals surface area contributed by atoms with Crippen molar-refractivity contribution in [2.24, 2.45) is 0 Å². The molecule has 1 saturated heterocycles. The number of hydrogen-bond acceptors (Lipinski definition) is 4. The maximum Gasteiger partial charge on any atom is 0.274 e. The first-order valence-corrected chi connectivity index (χ1v) is 11.7. The predicted octanol–water partition coefficient (Wildman–Crippen LogP) is 4.28. The summed E-state index contributed by atoms with van der Waals surface area (Å²) in [5.41, 5.74) is 3.13. The lowest BCUT2D eigenvalue weighted by molar-refractivity contribution is 0.0753. The minimum absolute atomic E-state index is 0.135. The van der Waals surface area contributed by atoms with Gasteiger partial charge >= 0.3 is 0 Å². The van der Waals surface area contributed by atoms with E-state index in [1.165, 1.54) is 29.0 Å². The molecule has 7 heteroatoms. The molecule has 28 heavy (non-hydrogen) atoms. The molecule has 5 nitrogen and oxygen atoms in total. The Hall–Kier alpha value is -1.37. The van der Waals surface area contributed by atoms with Gasteiger partial charge in [-0.1, -0.05) is 24.4 Å². The smallest absolute Gasteiger partial charge is 0.274 e. The van der Waals surface area contributed by atoms with E-state index >= 15 is 0 Å². The number of carbonyl (C=O) groups is 1. The molecule has 0 spiro atoms. The van der Waals surface area contributed by atoms with E-state index in [1.807, 2.05) is 11.0 Å². The van der Waals surface area contributed by atoms with Crippen LogP contribution in [-0.2, 0) is 25.9 Å². The van der Waals surface area contributed by atoms with E-state index in [9.17, 15) is 4.79 Å². The molecule has 0 unspecified atom stereocenters. The summed E-state index contributed by atoms with van der Waals surface area (Å²) in [6, 6.07) is 4.40. The summed E-state index contributed by atoms with van der Waals surface area (Å²) in [4.78, 5) is 16.5. The molecule has 0 radical (unpaired) electrons. The molecule has 2 aliphatic rings. The van der Waals surface area contributed by atoms with Crippen LogP contribution in [0.25, 0.3) is 0 Å². The first-order valence-electron chi connectivity index (χ1n) is 10.5. The lowest BCUT2D eigenvalue weighted by atomic mass is 9.91. The molecule has 2 aromatic rings. The van der Waals surface area contributed by atoms with Crippen LogP contribution in [0.4, 0.5) is 0 Å². The highest BCUT2D eigenvalue weighted by Gasteiger charge is 2.31. The van der Waals surface area contributed by atoms with Crippen molar-refractivity contribution < 1.29 is 4.79 Å². The predicted molar refractivity (Wildman–Crippen MR) is 114 cm³/mol. The van der Waals surface area contributed by atoms with E-state index in [0.717, 1.165) is 62.6 Å². The second-order valence-corrected chi connectivity index (χ2v) is 9.62. The molecule has 152 valence electrons. The van der Waals surface area contributed by atoms with Gasteiger partial charge in [0.25, 0.3) is 5.91 Å². The molecule has 4 rings (SSSR count). The SMILES string of the molecule is CCn1nc(C(=O)N2CCCCCC2)c2c1CC[C@H](NCc1ccc(Cl)s1)C2. The van der Waals surface area contributed by atoms with Crippen molar-refractivity contribution in [3.8, 4) is 0 Å². The van der Waals surface area contributed by atoms with Crippen molar-refractivity contribution in [2.45, 2.75) is 71.0 Å². The number of rotatable bonds is 5. The molecular formula is C21H29ClN4OS. The van der Waals surface area contributed by atoms with Crippen LogP contribution in [0, 0.1) is 0 Å². The molecule has 1 fully saturated rings. The summed E-state index contributed by atoms with van der Waals surface area (Å²) in [6.07, 6.45) is 7.60. The second-order valence-electron chi connectivity index (χ2n) is 7.82. The zero-order valence-electron chi connectivity index (χ0n) is 16.5. The zero-order valence-corrected chi connectivity index (χ0v) is 18.1. The van der Waals surface area contributed by atoms with Crippen molar-refractivity contribution in [3.05, 3.63) is 38.3 Å². The lowest BCUT2D eigenvalue weighted by Crippen LogP contribution is -2.36. The molecule has 0 bridgehead atoms. The first-order chi connectivity index (χ1) is 13.7. The highest BCUT2D eigenvalue weighted by molar-refractivity contribution is 7.16. The normalized spacial score (nSPS) is 20.1. The van der Waals surface area contributed by atoms with Gasteiger partial charge in [0.05, 0.1) is 4.34 Å². The first kappa shape index (κ1) is 19.9. The summed E-state index contributed by atoms with van der Waals surface area (Å²) in [6.45, 7) is 5.50. The Balaban J connectivity index is 1.50. The number of amides is 1. The Labute approximate surface area is 176 Å². The summed E-state index contributed by atoms with van der Waals surface area (Å²) < 4.78 is 2.88. The molecule has 1 aliphatic heterocycles. The van der Waals surface area contributed by atoms with E-state index in [2.05, 4.69) is 23.0 Å². The molecule has 0 aromatic carbocycles. The maximum absolute atomic E-state index is 13.3. The average molecular weight is 421 g/mol. The number of aryl methyl sites for hydroxylation is 1. The molecule has 1 atom stereocenters.